The van der Waals surface area contributed by atoms with Gasteiger partial charge in [-0.25, -0.2) is 9.97 Å². The van der Waals surface area contributed by atoms with E-state index in [1.807, 2.05) is 19.1 Å². The molecule has 0 radical (unpaired) electrons. The molecular formula is C10H10IN3O. The lowest BCUT2D eigenvalue weighted by molar-refractivity contribution is 0.490. The summed E-state index contributed by atoms with van der Waals surface area (Å²) < 4.78 is 6.29. The maximum Gasteiger partial charge on any atom is 0.143 e. The van der Waals surface area contributed by atoms with Crippen molar-refractivity contribution < 1.29 is 4.42 Å². The van der Waals surface area contributed by atoms with E-state index in [-0.39, 0.29) is 6.04 Å². The Morgan fingerprint density at radius 2 is 2.40 bits per heavy atom. The van der Waals surface area contributed by atoms with E-state index in [1.54, 1.807) is 12.5 Å². The fourth-order valence-corrected chi connectivity index (χ4v) is 1.69. The number of nitrogens with zero attached hydrogens (tertiary/aromatic N) is 2. The summed E-state index contributed by atoms with van der Waals surface area (Å²) in [6, 6.07) is 3.91. The minimum absolute atomic E-state index is 0.100. The van der Waals surface area contributed by atoms with Crippen molar-refractivity contribution in [3.05, 3.63) is 40.3 Å². The number of rotatable bonds is 3. The molecule has 0 aromatic carbocycles. The Balaban J connectivity index is 2.13. The molecule has 15 heavy (non-hydrogen) atoms. The van der Waals surface area contributed by atoms with Gasteiger partial charge in [-0.3, -0.25) is 0 Å². The Bertz CT molecular complexity index is 430. The maximum absolute atomic E-state index is 5.30. The summed E-state index contributed by atoms with van der Waals surface area (Å²) in [4.78, 5) is 8.09. The number of hydrogen-bond donors (Lipinski definition) is 1. The van der Waals surface area contributed by atoms with Gasteiger partial charge in [-0.2, -0.15) is 0 Å². The van der Waals surface area contributed by atoms with Crippen LogP contribution in [0.25, 0.3) is 0 Å². The summed E-state index contributed by atoms with van der Waals surface area (Å²) >= 11 is 2.19. The van der Waals surface area contributed by atoms with Crippen molar-refractivity contribution in [1.82, 2.24) is 9.97 Å². The van der Waals surface area contributed by atoms with Gasteiger partial charge in [0.2, 0.25) is 0 Å². The van der Waals surface area contributed by atoms with Crippen LogP contribution in [0.15, 0.2) is 35.3 Å². The summed E-state index contributed by atoms with van der Waals surface area (Å²) in [5.74, 6) is 1.72. The molecule has 5 heteroatoms. The molecule has 1 N–H and O–H groups in total. The van der Waals surface area contributed by atoms with Crippen LogP contribution >= 0.6 is 22.6 Å². The molecule has 0 amide bonds. The molecule has 0 spiro atoms. The second-order valence-electron chi connectivity index (χ2n) is 3.10. The number of halogens is 1. The van der Waals surface area contributed by atoms with Gasteiger partial charge in [0.15, 0.2) is 0 Å². The lowest BCUT2D eigenvalue weighted by atomic mass is 10.2. The molecule has 2 rings (SSSR count). The molecular weight excluding hydrogens is 305 g/mol. The van der Waals surface area contributed by atoms with E-state index in [9.17, 15) is 0 Å². The Kier molecular flexibility index (Phi) is 3.20. The topological polar surface area (TPSA) is 51.0 Å². The van der Waals surface area contributed by atoms with Gasteiger partial charge in [-0.05, 0) is 41.6 Å². The fourth-order valence-electron chi connectivity index (χ4n) is 1.23. The maximum atomic E-state index is 5.30. The first-order valence-electron chi connectivity index (χ1n) is 4.53. The molecule has 0 fully saturated rings. The molecule has 2 aromatic rings. The zero-order valence-electron chi connectivity index (χ0n) is 8.14. The predicted octanol–water partition coefficient (Wildman–Crippen LogP) is 2.85. The van der Waals surface area contributed by atoms with E-state index < -0.39 is 0 Å². The normalized spacial score (nSPS) is 12.4. The summed E-state index contributed by atoms with van der Waals surface area (Å²) in [6.45, 7) is 2.02. The summed E-state index contributed by atoms with van der Waals surface area (Å²) in [5.41, 5.74) is 0. The van der Waals surface area contributed by atoms with Gasteiger partial charge in [-0.15, -0.1) is 0 Å². The van der Waals surface area contributed by atoms with Crippen LogP contribution in [0.3, 0.4) is 0 Å². The van der Waals surface area contributed by atoms with Gasteiger partial charge in [0.1, 0.15) is 17.9 Å². The van der Waals surface area contributed by atoms with Crippen LogP contribution in [-0.4, -0.2) is 9.97 Å². The Labute approximate surface area is 101 Å². The molecule has 0 bridgehead atoms. The van der Waals surface area contributed by atoms with Crippen LogP contribution in [0, 0.1) is 3.57 Å². The molecule has 2 heterocycles. The standard InChI is InChI=1S/C10H10IN3O/c1-7(9-3-2-4-15-9)14-10-8(11)5-12-6-13-10/h2-7H,1H3,(H,12,13,14). The zero-order valence-corrected chi connectivity index (χ0v) is 10.3. The lowest BCUT2D eigenvalue weighted by Gasteiger charge is -2.12. The monoisotopic (exact) mass is 315 g/mol. The molecule has 0 aliphatic rings. The lowest BCUT2D eigenvalue weighted by Crippen LogP contribution is -2.08. The van der Waals surface area contributed by atoms with Crippen molar-refractivity contribution in [3.63, 3.8) is 0 Å². The van der Waals surface area contributed by atoms with Crippen LogP contribution in [0.5, 0.6) is 0 Å². The highest BCUT2D eigenvalue weighted by Gasteiger charge is 2.10. The quantitative estimate of drug-likeness (QED) is 0.885. The van der Waals surface area contributed by atoms with Crippen molar-refractivity contribution >= 4 is 28.4 Å². The van der Waals surface area contributed by atoms with Crippen molar-refractivity contribution in [3.8, 4) is 0 Å². The minimum atomic E-state index is 0.100. The third-order valence-corrected chi connectivity index (χ3v) is 2.78. The number of nitrogens with one attached hydrogen (secondary N) is 1. The highest BCUT2D eigenvalue weighted by Crippen LogP contribution is 2.20. The fraction of sp³-hybridized carbons (Fsp3) is 0.200. The van der Waals surface area contributed by atoms with E-state index in [4.69, 9.17) is 4.42 Å². The van der Waals surface area contributed by atoms with Gasteiger partial charge in [0.25, 0.3) is 0 Å². The minimum Gasteiger partial charge on any atom is -0.467 e. The molecule has 0 saturated heterocycles. The summed E-state index contributed by atoms with van der Waals surface area (Å²) in [5, 5.41) is 3.26. The van der Waals surface area contributed by atoms with Crippen LogP contribution in [0.1, 0.15) is 18.7 Å². The average Bonchev–Trinajstić information content (AvgIpc) is 2.74. The van der Waals surface area contributed by atoms with Crippen molar-refractivity contribution in [2.75, 3.05) is 5.32 Å². The SMILES string of the molecule is CC(Nc1ncncc1I)c1ccco1. The summed E-state index contributed by atoms with van der Waals surface area (Å²) in [6.07, 6.45) is 4.96. The summed E-state index contributed by atoms with van der Waals surface area (Å²) in [7, 11) is 0. The highest BCUT2D eigenvalue weighted by molar-refractivity contribution is 14.1. The van der Waals surface area contributed by atoms with E-state index >= 15 is 0 Å². The molecule has 4 nitrogen and oxygen atoms in total. The highest BCUT2D eigenvalue weighted by atomic mass is 127. The molecule has 78 valence electrons. The average molecular weight is 315 g/mol. The van der Waals surface area contributed by atoms with Gasteiger partial charge >= 0.3 is 0 Å². The zero-order chi connectivity index (χ0) is 10.7. The first kappa shape index (κ1) is 10.4. The number of furan rings is 1. The number of aromatic nitrogens is 2. The van der Waals surface area contributed by atoms with E-state index in [1.165, 1.54) is 6.33 Å². The molecule has 0 saturated carbocycles. The van der Waals surface area contributed by atoms with Crippen LogP contribution in [0.2, 0.25) is 0 Å². The Morgan fingerprint density at radius 1 is 1.53 bits per heavy atom. The first-order valence-corrected chi connectivity index (χ1v) is 5.60. The number of hydrogen-bond acceptors (Lipinski definition) is 4. The van der Waals surface area contributed by atoms with Crippen molar-refractivity contribution in [2.45, 2.75) is 13.0 Å². The van der Waals surface area contributed by atoms with Gasteiger partial charge in [-0.1, -0.05) is 0 Å². The largest absolute Gasteiger partial charge is 0.467 e. The second kappa shape index (κ2) is 4.61. The van der Waals surface area contributed by atoms with Gasteiger partial charge in [0, 0.05) is 6.20 Å². The Morgan fingerprint density at radius 3 is 3.07 bits per heavy atom. The Hall–Kier alpha value is -1.11. The predicted molar refractivity (Wildman–Crippen MR) is 65.5 cm³/mol. The van der Waals surface area contributed by atoms with Gasteiger partial charge < -0.3 is 9.73 Å². The van der Waals surface area contributed by atoms with Crippen LogP contribution in [0.4, 0.5) is 5.82 Å². The van der Waals surface area contributed by atoms with Crippen LogP contribution < -0.4 is 5.32 Å². The first-order chi connectivity index (χ1) is 7.27. The molecule has 0 aliphatic heterocycles. The number of anilines is 1. The van der Waals surface area contributed by atoms with Crippen molar-refractivity contribution in [2.24, 2.45) is 0 Å². The van der Waals surface area contributed by atoms with E-state index in [0.717, 1.165) is 15.1 Å². The van der Waals surface area contributed by atoms with Crippen molar-refractivity contribution in [1.29, 1.82) is 0 Å². The van der Waals surface area contributed by atoms with E-state index in [0.29, 0.717) is 0 Å². The second-order valence-corrected chi connectivity index (χ2v) is 4.26. The molecule has 0 aliphatic carbocycles. The third-order valence-electron chi connectivity index (χ3n) is 1.99. The molecule has 1 atom stereocenters. The van der Waals surface area contributed by atoms with Gasteiger partial charge in [0.05, 0.1) is 15.9 Å². The molecule has 1 unspecified atom stereocenters. The van der Waals surface area contributed by atoms with E-state index in [2.05, 4.69) is 37.9 Å². The van der Waals surface area contributed by atoms with Crippen LogP contribution in [-0.2, 0) is 0 Å². The molecule has 2 aromatic heterocycles. The smallest absolute Gasteiger partial charge is 0.143 e. The third kappa shape index (κ3) is 2.47.